The molecule has 1 aliphatic rings. The van der Waals surface area contributed by atoms with E-state index in [1.54, 1.807) is 24.1 Å². The van der Waals surface area contributed by atoms with E-state index in [-0.39, 0.29) is 23.7 Å². The molecule has 0 saturated heterocycles. The fourth-order valence-electron chi connectivity index (χ4n) is 4.32. The lowest BCUT2D eigenvalue weighted by molar-refractivity contribution is -0.139. The van der Waals surface area contributed by atoms with Crippen LogP contribution >= 0.6 is 11.6 Å². The van der Waals surface area contributed by atoms with Gasteiger partial charge in [-0.05, 0) is 50.3 Å². The Morgan fingerprint density at radius 3 is 2.47 bits per heavy atom. The first kappa shape index (κ1) is 28.2. The molecule has 0 spiro atoms. The second-order valence-electron chi connectivity index (χ2n) is 8.63. The van der Waals surface area contributed by atoms with E-state index in [1.165, 1.54) is 12.8 Å². The van der Waals surface area contributed by atoms with Gasteiger partial charge in [0.1, 0.15) is 11.9 Å². The second kappa shape index (κ2) is 15.8. The van der Waals surface area contributed by atoms with Crippen LogP contribution in [0.2, 0.25) is 0 Å². The number of methoxy groups -OCH3 is 1. The van der Waals surface area contributed by atoms with Crippen LogP contribution < -0.4 is 14.8 Å². The highest BCUT2D eigenvalue weighted by atomic mass is 35.5. The van der Waals surface area contributed by atoms with Crippen molar-refractivity contribution < 1.29 is 23.8 Å². The maximum atomic E-state index is 13.7. The van der Waals surface area contributed by atoms with E-state index in [0.29, 0.717) is 49.8 Å². The Bertz CT molecular complexity index is 753. The van der Waals surface area contributed by atoms with Crippen LogP contribution in [-0.2, 0) is 14.3 Å². The summed E-state index contributed by atoms with van der Waals surface area (Å²) in [7, 11) is 1.57. The summed E-state index contributed by atoms with van der Waals surface area (Å²) in [5, 5.41) is 3.23. The van der Waals surface area contributed by atoms with Crippen molar-refractivity contribution >= 4 is 23.4 Å². The van der Waals surface area contributed by atoms with Gasteiger partial charge in [-0.25, -0.2) is 0 Å². The molecule has 7 nitrogen and oxygen atoms in total. The lowest BCUT2D eigenvalue weighted by atomic mass is 10.0. The number of hydrogen-bond acceptors (Lipinski definition) is 5. The quantitative estimate of drug-likeness (QED) is 0.226. The molecular weight excluding hydrogens is 456 g/mol. The van der Waals surface area contributed by atoms with Crippen LogP contribution in [0.5, 0.6) is 11.5 Å². The zero-order chi connectivity index (χ0) is 24.8. The van der Waals surface area contributed by atoms with Crippen LogP contribution in [-0.4, -0.2) is 62.1 Å². The minimum atomic E-state index is -0.815. The van der Waals surface area contributed by atoms with Gasteiger partial charge in [0.05, 0.1) is 13.7 Å². The van der Waals surface area contributed by atoms with Gasteiger partial charge >= 0.3 is 0 Å². The van der Waals surface area contributed by atoms with Crippen LogP contribution in [0.15, 0.2) is 18.2 Å². The summed E-state index contributed by atoms with van der Waals surface area (Å²) < 4.78 is 16.8. The molecule has 1 aromatic carbocycles. The molecule has 1 N–H and O–H groups in total. The highest BCUT2D eigenvalue weighted by Gasteiger charge is 2.33. The Labute approximate surface area is 209 Å². The van der Waals surface area contributed by atoms with Gasteiger partial charge in [0.25, 0.3) is 0 Å². The largest absolute Gasteiger partial charge is 0.493 e. The summed E-state index contributed by atoms with van der Waals surface area (Å²) in [6.45, 7) is 6.00. The molecule has 34 heavy (non-hydrogen) atoms. The number of carbonyl (C=O) groups is 2. The first-order valence-corrected chi connectivity index (χ1v) is 13.1. The van der Waals surface area contributed by atoms with Crippen LogP contribution in [0.25, 0.3) is 0 Å². The molecular formula is C26H41ClN2O5. The van der Waals surface area contributed by atoms with Crippen molar-refractivity contribution in [3.63, 3.8) is 0 Å². The molecule has 2 amide bonds. The van der Waals surface area contributed by atoms with Gasteiger partial charge in [-0.15, -0.1) is 11.6 Å². The number of alkyl halides is 1. The van der Waals surface area contributed by atoms with Crippen molar-refractivity contribution in [1.82, 2.24) is 10.2 Å². The SMILES string of the molecule is CCCOc1ccc(C(C(=O)NC2CCCCCC2)N(CCCOCC)C(=O)CCl)cc1OC. The lowest BCUT2D eigenvalue weighted by Crippen LogP contribution is -2.47. The number of rotatable bonds is 14. The van der Waals surface area contributed by atoms with Gasteiger partial charge in [-0.2, -0.15) is 0 Å². The maximum Gasteiger partial charge on any atom is 0.247 e. The number of benzene rings is 1. The van der Waals surface area contributed by atoms with Crippen molar-refractivity contribution in [2.45, 2.75) is 77.3 Å². The Balaban J connectivity index is 2.37. The molecule has 1 aliphatic carbocycles. The fraction of sp³-hybridized carbons (Fsp3) is 0.692. The van der Waals surface area contributed by atoms with Crippen LogP contribution in [0, 0.1) is 0 Å². The Kier molecular flexibility index (Phi) is 13.1. The molecule has 1 atom stereocenters. The molecule has 8 heteroatoms. The van der Waals surface area contributed by atoms with Gasteiger partial charge in [0.2, 0.25) is 11.8 Å². The summed E-state index contributed by atoms with van der Waals surface area (Å²) >= 11 is 5.98. The van der Waals surface area contributed by atoms with Crippen LogP contribution in [0.4, 0.5) is 0 Å². The summed E-state index contributed by atoms with van der Waals surface area (Å²) in [5.74, 6) is 0.473. The summed E-state index contributed by atoms with van der Waals surface area (Å²) in [6, 6.07) is 4.73. The number of nitrogens with one attached hydrogen (secondary N) is 1. The van der Waals surface area contributed by atoms with E-state index in [9.17, 15) is 9.59 Å². The molecule has 1 fully saturated rings. The van der Waals surface area contributed by atoms with Crippen molar-refractivity contribution in [2.24, 2.45) is 0 Å². The Morgan fingerprint density at radius 2 is 1.85 bits per heavy atom. The minimum Gasteiger partial charge on any atom is -0.493 e. The number of amides is 2. The molecule has 0 bridgehead atoms. The van der Waals surface area contributed by atoms with Crippen LogP contribution in [0.1, 0.15) is 76.8 Å². The molecule has 1 unspecified atom stereocenters. The highest BCUT2D eigenvalue weighted by molar-refractivity contribution is 6.27. The topological polar surface area (TPSA) is 77.1 Å². The summed E-state index contributed by atoms with van der Waals surface area (Å²) in [5.41, 5.74) is 0.668. The molecule has 0 heterocycles. The Hall–Kier alpha value is -1.99. The van der Waals surface area contributed by atoms with E-state index < -0.39 is 6.04 Å². The molecule has 1 aromatic rings. The van der Waals surface area contributed by atoms with Gasteiger partial charge in [-0.1, -0.05) is 38.7 Å². The predicted molar refractivity (Wildman–Crippen MR) is 135 cm³/mol. The van der Waals surface area contributed by atoms with E-state index in [4.69, 9.17) is 25.8 Å². The smallest absolute Gasteiger partial charge is 0.247 e. The van der Waals surface area contributed by atoms with Crippen molar-refractivity contribution in [3.05, 3.63) is 23.8 Å². The molecule has 0 radical (unpaired) electrons. The van der Waals surface area contributed by atoms with E-state index in [1.807, 2.05) is 19.9 Å². The van der Waals surface area contributed by atoms with Gasteiger partial charge < -0.3 is 24.4 Å². The Morgan fingerprint density at radius 1 is 1.12 bits per heavy atom. The van der Waals surface area contributed by atoms with Gasteiger partial charge in [0.15, 0.2) is 11.5 Å². The second-order valence-corrected chi connectivity index (χ2v) is 8.90. The van der Waals surface area contributed by atoms with Gasteiger partial charge in [0, 0.05) is 25.8 Å². The monoisotopic (exact) mass is 496 g/mol. The third-order valence-corrected chi connectivity index (χ3v) is 6.28. The summed E-state index contributed by atoms with van der Waals surface area (Å²) in [4.78, 5) is 28.2. The van der Waals surface area contributed by atoms with E-state index in [2.05, 4.69) is 5.32 Å². The first-order chi connectivity index (χ1) is 16.5. The number of hydrogen-bond donors (Lipinski definition) is 1. The zero-order valence-electron chi connectivity index (χ0n) is 20.9. The predicted octanol–water partition coefficient (Wildman–Crippen LogP) is 4.86. The minimum absolute atomic E-state index is 0.114. The summed E-state index contributed by atoms with van der Waals surface area (Å²) in [6.07, 6.45) is 7.99. The lowest BCUT2D eigenvalue weighted by Gasteiger charge is -2.32. The van der Waals surface area contributed by atoms with Crippen molar-refractivity contribution in [2.75, 3.05) is 39.4 Å². The van der Waals surface area contributed by atoms with E-state index >= 15 is 0 Å². The standard InChI is InChI=1S/C26H41ClN2O5/c1-4-16-34-22-14-13-20(18-23(22)32-3)25(26(31)28-21-11-8-6-7-9-12-21)29(24(30)19-27)15-10-17-33-5-2/h13-14,18,21,25H,4-12,15-17,19H2,1-3H3,(H,28,31). The van der Waals surface area contributed by atoms with Crippen molar-refractivity contribution in [1.29, 1.82) is 0 Å². The maximum absolute atomic E-state index is 13.7. The van der Waals surface area contributed by atoms with Crippen LogP contribution in [0.3, 0.4) is 0 Å². The third-order valence-electron chi connectivity index (χ3n) is 6.05. The highest BCUT2D eigenvalue weighted by Crippen LogP contribution is 2.33. The number of nitrogens with zero attached hydrogens (tertiary/aromatic N) is 1. The number of ether oxygens (including phenoxy) is 3. The van der Waals surface area contributed by atoms with Crippen molar-refractivity contribution in [3.8, 4) is 11.5 Å². The molecule has 192 valence electrons. The average Bonchev–Trinajstić information content (AvgIpc) is 3.12. The number of carbonyl (C=O) groups excluding carboxylic acids is 2. The normalized spacial score (nSPS) is 15.3. The third kappa shape index (κ3) is 8.66. The average molecular weight is 497 g/mol. The van der Waals surface area contributed by atoms with Gasteiger partial charge in [-0.3, -0.25) is 9.59 Å². The zero-order valence-corrected chi connectivity index (χ0v) is 21.7. The molecule has 0 aromatic heterocycles. The van der Waals surface area contributed by atoms with E-state index in [0.717, 1.165) is 32.1 Å². The fourth-order valence-corrected chi connectivity index (χ4v) is 4.47. The number of halogens is 1. The first-order valence-electron chi connectivity index (χ1n) is 12.6. The molecule has 0 aliphatic heterocycles. The molecule has 1 saturated carbocycles. The molecule has 2 rings (SSSR count).